The fraction of sp³-hybridized carbons (Fsp3) is 0.391. The topological polar surface area (TPSA) is 49.4 Å². The predicted molar refractivity (Wildman–Crippen MR) is 117 cm³/mol. The normalized spacial score (nSPS) is 11.7. The lowest BCUT2D eigenvalue weighted by atomic mass is 10.1. The predicted octanol–water partition coefficient (Wildman–Crippen LogP) is 4.31. The van der Waals surface area contributed by atoms with Crippen molar-refractivity contribution >= 4 is 23.6 Å². The maximum absolute atomic E-state index is 13.0. The summed E-state index contributed by atoms with van der Waals surface area (Å²) in [6, 6.07) is 13.7. The number of halogens is 1. The van der Waals surface area contributed by atoms with E-state index in [1.165, 1.54) is 23.9 Å². The van der Waals surface area contributed by atoms with Crippen LogP contribution in [0, 0.1) is 12.7 Å². The Hall–Kier alpha value is -2.34. The summed E-state index contributed by atoms with van der Waals surface area (Å²) >= 11 is 1.46. The fourth-order valence-corrected chi connectivity index (χ4v) is 3.66. The molecule has 0 aromatic heterocycles. The molecule has 0 bridgehead atoms. The Morgan fingerprint density at radius 2 is 1.69 bits per heavy atom. The molecular weight excluding hydrogens is 387 g/mol. The number of hydrogen-bond donors (Lipinski definition) is 1. The molecule has 0 aliphatic rings. The van der Waals surface area contributed by atoms with Crippen LogP contribution in [0.25, 0.3) is 0 Å². The van der Waals surface area contributed by atoms with E-state index in [-0.39, 0.29) is 23.4 Å². The minimum absolute atomic E-state index is 0.0863. The molecule has 2 aromatic rings. The summed E-state index contributed by atoms with van der Waals surface area (Å²) in [5, 5.41) is 2.87. The smallest absolute Gasteiger partial charge is 0.242 e. The maximum atomic E-state index is 13.0. The second kappa shape index (κ2) is 11.6. The largest absolute Gasteiger partial charge is 0.354 e. The van der Waals surface area contributed by atoms with Crippen LogP contribution in [0.15, 0.2) is 48.5 Å². The molecule has 0 aliphatic heterocycles. The molecule has 6 heteroatoms. The van der Waals surface area contributed by atoms with Gasteiger partial charge in [-0.1, -0.05) is 48.9 Å². The van der Waals surface area contributed by atoms with Gasteiger partial charge in [-0.05, 0) is 43.5 Å². The van der Waals surface area contributed by atoms with Gasteiger partial charge < -0.3 is 10.2 Å². The number of amides is 2. The number of rotatable bonds is 10. The Morgan fingerprint density at radius 1 is 1.07 bits per heavy atom. The van der Waals surface area contributed by atoms with Crippen LogP contribution in [0.1, 0.15) is 37.0 Å². The molecule has 0 saturated carbocycles. The lowest BCUT2D eigenvalue weighted by molar-refractivity contribution is -0.138. The molecule has 0 aliphatic carbocycles. The zero-order valence-corrected chi connectivity index (χ0v) is 18.1. The van der Waals surface area contributed by atoms with Crippen molar-refractivity contribution in [2.75, 3.05) is 12.3 Å². The molecule has 0 spiro atoms. The summed E-state index contributed by atoms with van der Waals surface area (Å²) in [7, 11) is 0. The first-order valence-electron chi connectivity index (χ1n) is 9.85. The lowest BCUT2D eigenvalue weighted by Crippen LogP contribution is -2.48. The van der Waals surface area contributed by atoms with Gasteiger partial charge in [0, 0.05) is 18.8 Å². The van der Waals surface area contributed by atoms with Crippen molar-refractivity contribution in [2.24, 2.45) is 0 Å². The molecule has 1 N–H and O–H groups in total. The van der Waals surface area contributed by atoms with Crippen molar-refractivity contribution in [1.29, 1.82) is 0 Å². The third kappa shape index (κ3) is 7.54. The lowest BCUT2D eigenvalue weighted by Gasteiger charge is -2.28. The van der Waals surface area contributed by atoms with Crippen LogP contribution in [0.2, 0.25) is 0 Å². The molecule has 1 atom stereocenters. The van der Waals surface area contributed by atoms with Gasteiger partial charge in [-0.15, -0.1) is 11.8 Å². The molecule has 0 radical (unpaired) electrons. The van der Waals surface area contributed by atoms with Gasteiger partial charge >= 0.3 is 0 Å². The first-order chi connectivity index (χ1) is 13.9. The zero-order chi connectivity index (χ0) is 21.2. The van der Waals surface area contributed by atoms with Crippen LogP contribution in [0.4, 0.5) is 4.39 Å². The van der Waals surface area contributed by atoms with E-state index in [0.29, 0.717) is 18.8 Å². The molecule has 29 heavy (non-hydrogen) atoms. The third-order valence-corrected chi connectivity index (χ3v) is 5.59. The Balaban J connectivity index is 2.03. The minimum Gasteiger partial charge on any atom is -0.354 e. The number of thioether (sulfide) groups is 1. The van der Waals surface area contributed by atoms with Gasteiger partial charge in [-0.3, -0.25) is 9.59 Å². The summed E-state index contributed by atoms with van der Waals surface area (Å²) in [4.78, 5) is 27.0. The number of benzene rings is 2. The number of carbonyl (C=O) groups excluding carboxylic acids is 2. The quantitative estimate of drug-likeness (QED) is 0.628. The van der Waals surface area contributed by atoms with Crippen molar-refractivity contribution in [3.05, 3.63) is 71.0 Å². The van der Waals surface area contributed by atoms with E-state index < -0.39 is 6.04 Å². The third-order valence-electron chi connectivity index (χ3n) is 4.60. The summed E-state index contributed by atoms with van der Waals surface area (Å²) in [6.07, 6.45) is 0.845. The van der Waals surface area contributed by atoms with E-state index in [0.717, 1.165) is 23.1 Å². The van der Waals surface area contributed by atoms with Crippen LogP contribution in [0.5, 0.6) is 0 Å². The van der Waals surface area contributed by atoms with Gasteiger partial charge in [0.2, 0.25) is 11.8 Å². The molecule has 0 unspecified atom stereocenters. The average molecular weight is 417 g/mol. The SMILES string of the molecule is CCCNC(=O)[C@@H](C)N(Cc1ccc(C)cc1)C(=O)CSCc1ccc(F)cc1. The van der Waals surface area contributed by atoms with Crippen LogP contribution in [-0.4, -0.2) is 35.1 Å². The molecule has 0 fully saturated rings. The van der Waals surface area contributed by atoms with E-state index in [1.807, 2.05) is 38.1 Å². The molecule has 156 valence electrons. The second-order valence-electron chi connectivity index (χ2n) is 7.09. The van der Waals surface area contributed by atoms with E-state index >= 15 is 0 Å². The highest BCUT2D eigenvalue weighted by Crippen LogP contribution is 2.16. The second-order valence-corrected chi connectivity index (χ2v) is 8.08. The Kier molecular flexibility index (Phi) is 9.19. The highest BCUT2D eigenvalue weighted by molar-refractivity contribution is 7.99. The summed E-state index contributed by atoms with van der Waals surface area (Å²) < 4.78 is 13.0. The van der Waals surface area contributed by atoms with Gasteiger partial charge in [-0.2, -0.15) is 0 Å². The van der Waals surface area contributed by atoms with Crippen LogP contribution in [0.3, 0.4) is 0 Å². The van der Waals surface area contributed by atoms with Crippen LogP contribution in [-0.2, 0) is 21.9 Å². The highest BCUT2D eigenvalue weighted by Gasteiger charge is 2.25. The first kappa shape index (κ1) is 22.9. The zero-order valence-electron chi connectivity index (χ0n) is 17.3. The highest BCUT2D eigenvalue weighted by atomic mass is 32.2. The maximum Gasteiger partial charge on any atom is 0.242 e. The number of aryl methyl sites for hydroxylation is 1. The van der Waals surface area contributed by atoms with E-state index in [2.05, 4.69) is 5.32 Å². The number of nitrogens with one attached hydrogen (secondary N) is 1. The van der Waals surface area contributed by atoms with Gasteiger partial charge in [0.25, 0.3) is 0 Å². The van der Waals surface area contributed by atoms with Gasteiger partial charge in [0.15, 0.2) is 0 Å². The summed E-state index contributed by atoms with van der Waals surface area (Å²) in [6.45, 7) is 6.75. The first-order valence-corrected chi connectivity index (χ1v) is 11.0. The number of hydrogen-bond acceptors (Lipinski definition) is 3. The number of nitrogens with zero attached hydrogens (tertiary/aromatic N) is 1. The van der Waals surface area contributed by atoms with E-state index in [1.54, 1.807) is 24.0 Å². The Labute approximate surface area is 176 Å². The van der Waals surface area contributed by atoms with Crippen LogP contribution < -0.4 is 5.32 Å². The number of carbonyl (C=O) groups is 2. The summed E-state index contributed by atoms with van der Waals surface area (Å²) in [5.41, 5.74) is 3.10. The molecule has 2 rings (SSSR count). The Bertz CT molecular complexity index is 794. The monoisotopic (exact) mass is 416 g/mol. The molecule has 0 saturated heterocycles. The molecule has 4 nitrogen and oxygen atoms in total. The van der Waals surface area contributed by atoms with Crippen molar-refractivity contribution in [3.63, 3.8) is 0 Å². The molecule has 2 amide bonds. The van der Waals surface area contributed by atoms with Crippen molar-refractivity contribution in [1.82, 2.24) is 10.2 Å². The minimum atomic E-state index is -0.554. The van der Waals surface area contributed by atoms with Gasteiger partial charge in [0.05, 0.1) is 5.75 Å². The van der Waals surface area contributed by atoms with Crippen molar-refractivity contribution < 1.29 is 14.0 Å². The standard InChI is InChI=1S/C23H29FN2O2S/c1-4-13-25-23(28)18(3)26(14-19-7-5-17(2)6-8-19)22(27)16-29-15-20-9-11-21(24)12-10-20/h5-12,18H,4,13-16H2,1-3H3,(H,25,28)/t18-/m1/s1. The van der Waals surface area contributed by atoms with Crippen LogP contribution >= 0.6 is 11.8 Å². The van der Waals surface area contributed by atoms with E-state index in [9.17, 15) is 14.0 Å². The molecule has 2 aromatic carbocycles. The van der Waals surface area contributed by atoms with Crippen molar-refractivity contribution in [2.45, 2.75) is 45.5 Å². The van der Waals surface area contributed by atoms with Gasteiger partial charge in [0.1, 0.15) is 11.9 Å². The molecule has 0 heterocycles. The van der Waals surface area contributed by atoms with Gasteiger partial charge in [-0.25, -0.2) is 4.39 Å². The van der Waals surface area contributed by atoms with Crippen molar-refractivity contribution in [3.8, 4) is 0 Å². The van der Waals surface area contributed by atoms with E-state index in [4.69, 9.17) is 0 Å². The average Bonchev–Trinajstić information content (AvgIpc) is 2.72. The summed E-state index contributed by atoms with van der Waals surface area (Å²) in [5.74, 6) is 0.369. The molecular formula is C23H29FN2O2S. The Morgan fingerprint density at radius 3 is 2.31 bits per heavy atom. The fourth-order valence-electron chi connectivity index (χ4n) is 2.79.